The predicted molar refractivity (Wildman–Crippen MR) is 79.4 cm³/mol. The summed E-state index contributed by atoms with van der Waals surface area (Å²) in [5, 5.41) is 0. The van der Waals surface area contributed by atoms with Crippen LogP contribution in [-0.2, 0) is 0 Å². The Labute approximate surface area is 112 Å². The lowest BCUT2D eigenvalue weighted by atomic mass is 9.96. The molecule has 0 aliphatic heterocycles. The monoisotopic (exact) mass is 241 g/mol. The maximum Gasteiger partial charge on any atom is -0.0184 e. The van der Waals surface area contributed by atoms with Crippen molar-refractivity contribution in [2.75, 3.05) is 0 Å². The van der Waals surface area contributed by atoms with Crippen LogP contribution in [0.1, 0.15) is 69.8 Å². The molecule has 0 atom stereocenters. The van der Waals surface area contributed by atoms with Gasteiger partial charge in [-0.3, -0.25) is 0 Å². The Kier molecular flexibility index (Phi) is 6.05. The molecular weight excluding hydrogens is 216 g/mol. The number of benzene rings is 1. The second-order valence-corrected chi connectivity index (χ2v) is 5.39. The van der Waals surface area contributed by atoms with Gasteiger partial charge in [0.2, 0.25) is 0 Å². The molecule has 1 radical (unpaired) electrons. The first-order chi connectivity index (χ1) is 8.97. The Balaban J connectivity index is 1.99. The Morgan fingerprint density at radius 2 is 1.33 bits per heavy atom. The third kappa shape index (κ3) is 4.68. The second kappa shape index (κ2) is 8.13. The van der Waals surface area contributed by atoms with E-state index in [4.69, 9.17) is 0 Å². The Morgan fingerprint density at radius 3 is 2.06 bits per heavy atom. The minimum absolute atomic E-state index is 1.25. The fourth-order valence-electron chi connectivity index (χ4n) is 2.76. The van der Waals surface area contributed by atoms with Gasteiger partial charge in [-0.15, -0.1) is 0 Å². The molecule has 2 rings (SSSR count). The van der Waals surface area contributed by atoms with Crippen molar-refractivity contribution in [3.05, 3.63) is 42.0 Å². The molecule has 1 aromatic carbocycles. The number of allylic oxidation sites excluding steroid dienone is 2. The van der Waals surface area contributed by atoms with Gasteiger partial charge in [0.1, 0.15) is 0 Å². The summed E-state index contributed by atoms with van der Waals surface area (Å²) in [6.07, 6.45) is 16.3. The van der Waals surface area contributed by atoms with Gasteiger partial charge in [0.15, 0.2) is 0 Å². The fourth-order valence-corrected chi connectivity index (χ4v) is 2.76. The molecule has 18 heavy (non-hydrogen) atoms. The van der Waals surface area contributed by atoms with Gasteiger partial charge in [-0.1, -0.05) is 68.9 Å². The van der Waals surface area contributed by atoms with Crippen LogP contribution in [0, 0.1) is 6.07 Å². The van der Waals surface area contributed by atoms with Crippen LogP contribution < -0.4 is 0 Å². The summed E-state index contributed by atoms with van der Waals surface area (Å²) >= 11 is 0. The van der Waals surface area contributed by atoms with E-state index < -0.39 is 0 Å². The van der Waals surface area contributed by atoms with E-state index in [-0.39, 0.29) is 0 Å². The summed E-state index contributed by atoms with van der Waals surface area (Å²) in [4.78, 5) is 0. The van der Waals surface area contributed by atoms with E-state index in [0.717, 1.165) is 0 Å². The summed E-state index contributed by atoms with van der Waals surface area (Å²) in [5.74, 6) is 0. The molecule has 0 nitrogen and oxygen atoms in total. The Morgan fingerprint density at radius 1 is 0.722 bits per heavy atom. The van der Waals surface area contributed by atoms with Crippen LogP contribution in [0.25, 0.3) is 5.57 Å². The highest BCUT2D eigenvalue weighted by Crippen LogP contribution is 2.24. The van der Waals surface area contributed by atoms with Crippen LogP contribution in [0.2, 0.25) is 0 Å². The molecule has 97 valence electrons. The molecule has 0 amide bonds. The van der Waals surface area contributed by atoms with Crippen molar-refractivity contribution in [2.24, 2.45) is 0 Å². The smallest absolute Gasteiger partial charge is 0.0184 e. The number of hydrogen-bond donors (Lipinski definition) is 0. The van der Waals surface area contributed by atoms with Crippen molar-refractivity contribution in [3.63, 3.8) is 0 Å². The van der Waals surface area contributed by atoms with E-state index in [1.54, 1.807) is 5.57 Å². The van der Waals surface area contributed by atoms with E-state index in [0.29, 0.717) is 0 Å². The lowest BCUT2D eigenvalue weighted by Gasteiger charge is -2.10. The van der Waals surface area contributed by atoms with Gasteiger partial charge >= 0.3 is 0 Å². The fraction of sp³-hybridized carbons (Fsp3) is 0.556. The zero-order valence-corrected chi connectivity index (χ0v) is 11.5. The summed E-state index contributed by atoms with van der Waals surface area (Å²) in [5.41, 5.74) is 2.97. The maximum atomic E-state index is 3.11. The average molecular weight is 241 g/mol. The standard InChI is InChI=1S/C18H25/c1-2-4-6-9-13-17(14-10-7-5-3-1)18-15-11-8-12-16-18/h11-13,15-16H,1-7,9-10,14H2. The summed E-state index contributed by atoms with van der Waals surface area (Å²) in [6, 6.07) is 11.6. The molecule has 0 heterocycles. The normalized spacial score (nSPS) is 19.4. The third-order valence-corrected chi connectivity index (χ3v) is 3.88. The molecule has 0 saturated heterocycles. The third-order valence-electron chi connectivity index (χ3n) is 3.88. The van der Waals surface area contributed by atoms with Crippen LogP contribution in [-0.4, -0.2) is 0 Å². The molecule has 0 unspecified atom stereocenters. The quantitative estimate of drug-likeness (QED) is 0.584. The first-order valence-corrected chi connectivity index (χ1v) is 7.62. The van der Waals surface area contributed by atoms with Crippen LogP contribution in [0.15, 0.2) is 30.3 Å². The molecule has 0 bridgehead atoms. The molecule has 1 aliphatic carbocycles. The minimum Gasteiger partial charge on any atom is -0.0807 e. The van der Waals surface area contributed by atoms with Crippen molar-refractivity contribution in [1.82, 2.24) is 0 Å². The molecule has 0 N–H and O–H groups in total. The molecule has 0 aromatic heterocycles. The van der Waals surface area contributed by atoms with Gasteiger partial charge in [0, 0.05) is 0 Å². The summed E-state index contributed by atoms with van der Waals surface area (Å²) in [6.45, 7) is 0. The molecule has 1 aliphatic rings. The van der Waals surface area contributed by atoms with Gasteiger partial charge in [-0.25, -0.2) is 0 Å². The first-order valence-electron chi connectivity index (χ1n) is 7.62. The molecule has 0 saturated carbocycles. The van der Waals surface area contributed by atoms with Crippen LogP contribution in [0.3, 0.4) is 0 Å². The van der Waals surface area contributed by atoms with Crippen LogP contribution >= 0.6 is 0 Å². The molecule has 1 aromatic rings. The second-order valence-electron chi connectivity index (χ2n) is 5.39. The van der Waals surface area contributed by atoms with Gasteiger partial charge in [0.05, 0.1) is 0 Å². The van der Waals surface area contributed by atoms with Crippen molar-refractivity contribution in [1.29, 1.82) is 0 Å². The van der Waals surface area contributed by atoms with Crippen molar-refractivity contribution in [3.8, 4) is 0 Å². The van der Waals surface area contributed by atoms with E-state index in [2.05, 4.69) is 24.3 Å². The van der Waals surface area contributed by atoms with Crippen molar-refractivity contribution in [2.45, 2.75) is 64.2 Å². The highest BCUT2D eigenvalue weighted by Gasteiger charge is 2.02. The van der Waals surface area contributed by atoms with E-state index >= 15 is 0 Å². The Hall–Kier alpha value is -1.04. The molecule has 0 spiro atoms. The van der Waals surface area contributed by atoms with Crippen LogP contribution in [0.5, 0.6) is 0 Å². The largest absolute Gasteiger partial charge is 0.0807 e. The molecular formula is C18H25. The first kappa shape index (κ1) is 13.4. The van der Waals surface area contributed by atoms with E-state index in [1.165, 1.54) is 69.8 Å². The predicted octanol–water partition coefficient (Wildman–Crippen LogP) is 5.78. The molecule has 0 fully saturated rings. The van der Waals surface area contributed by atoms with E-state index in [9.17, 15) is 0 Å². The van der Waals surface area contributed by atoms with Gasteiger partial charge < -0.3 is 0 Å². The average Bonchev–Trinajstić information content (AvgIpc) is 2.40. The number of rotatable bonds is 1. The number of hydrogen-bond acceptors (Lipinski definition) is 0. The van der Waals surface area contributed by atoms with Gasteiger partial charge in [-0.2, -0.15) is 0 Å². The van der Waals surface area contributed by atoms with Crippen molar-refractivity contribution < 1.29 is 0 Å². The zero-order valence-electron chi connectivity index (χ0n) is 11.5. The maximum absolute atomic E-state index is 3.11. The topological polar surface area (TPSA) is 0 Å². The van der Waals surface area contributed by atoms with Gasteiger partial charge in [-0.05, 0) is 42.9 Å². The minimum atomic E-state index is 1.25. The lowest BCUT2D eigenvalue weighted by molar-refractivity contribution is 0.568. The highest BCUT2D eigenvalue weighted by atomic mass is 14.1. The zero-order chi connectivity index (χ0) is 12.5. The van der Waals surface area contributed by atoms with Crippen molar-refractivity contribution >= 4 is 5.57 Å². The van der Waals surface area contributed by atoms with Gasteiger partial charge in [0.25, 0.3) is 0 Å². The summed E-state index contributed by atoms with van der Waals surface area (Å²) < 4.78 is 0. The molecule has 0 heteroatoms. The SMILES string of the molecule is [c]1ccc(C2=CCCCCCCCCCC2)cc1. The van der Waals surface area contributed by atoms with E-state index in [1.807, 2.05) is 12.1 Å². The van der Waals surface area contributed by atoms with Crippen LogP contribution in [0.4, 0.5) is 0 Å². The highest BCUT2D eigenvalue weighted by molar-refractivity contribution is 5.65. The lowest BCUT2D eigenvalue weighted by Crippen LogP contribution is -1.89. The Bertz CT molecular complexity index is 348. The summed E-state index contributed by atoms with van der Waals surface area (Å²) in [7, 11) is 0.